The van der Waals surface area contributed by atoms with E-state index in [2.05, 4.69) is 4.74 Å². The lowest BCUT2D eigenvalue weighted by Crippen LogP contribution is -2.54. The SMILES string of the molecule is CC(=O)OC[C@H]1OC[C@H](O)[C@@H](O)[C@H]1O. The Balaban J connectivity index is 2.42. The van der Waals surface area contributed by atoms with Crippen molar-refractivity contribution in [1.29, 1.82) is 0 Å². The van der Waals surface area contributed by atoms with Gasteiger partial charge in [0.05, 0.1) is 6.61 Å². The predicted molar refractivity (Wildman–Crippen MR) is 44.4 cm³/mol. The van der Waals surface area contributed by atoms with E-state index in [0.717, 1.165) is 0 Å². The molecular formula is C8H14O6. The van der Waals surface area contributed by atoms with Gasteiger partial charge in [0.2, 0.25) is 0 Å². The topological polar surface area (TPSA) is 96.2 Å². The molecule has 1 rings (SSSR count). The lowest BCUT2D eigenvalue weighted by Gasteiger charge is -2.34. The highest BCUT2D eigenvalue weighted by Crippen LogP contribution is 2.15. The summed E-state index contributed by atoms with van der Waals surface area (Å²) < 4.78 is 9.60. The van der Waals surface area contributed by atoms with Crippen LogP contribution in [0.25, 0.3) is 0 Å². The molecule has 14 heavy (non-hydrogen) atoms. The number of aliphatic hydroxyl groups excluding tert-OH is 3. The standard InChI is InChI=1S/C8H14O6/c1-4(9)13-3-6-8(12)7(11)5(10)2-14-6/h5-8,10-12H,2-3H2,1H3/t5-,6+,7+,8-/m0/s1. The molecule has 3 N–H and O–H groups in total. The highest BCUT2D eigenvalue weighted by atomic mass is 16.6. The van der Waals surface area contributed by atoms with Crippen LogP contribution in [0.2, 0.25) is 0 Å². The van der Waals surface area contributed by atoms with Crippen LogP contribution in [-0.2, 0) is 14.3 Å². The highest BCUT2D eigenvalue weighted by molar-refractivity contribution is 5.65. The lowest BCUT2D eigenvalue weighted by atomic mass is 10.0. The van der Waals surface area contributed by atoms with Gasteiger partial charge in [0.1, 0.15) is 31.0 Å². The van der Waals surface area contributed by atoms with Crippen LogP contribution in [0.1, 0.15) is 6.92 Å². The van der Waals surface area contributed by atoms with Gasteiger partial charge in [-0.15, -0.1) is 0 Å². The number of aliphatic hydroxyl groups is 3. The fraction of sp³-hybridized carbons (Fsp3) is 0.875. The van der Waals surface area contributed by atoms with Gasteiger partial charge >= 0.3 is 5.97 Å². The molecule has 1 fully saturated rings. The molecule has 0 unspecified atom stereocenters. The van der Waals surface area contributed by atoms with Crippen molar-refractivity contribution in [3.8, 4) is 0 Å². The molecule has 0 aliphatic carbocycles. The van der Waals surface area contributed by atoms with Gasteiger partial charge in [0, 0.05) is 6.92 Å². The first kappa shape index (κ1) is 11.4. The summed E-state index contributed by atoms with van der Waals surface area (Å²) in [6.07, 6.45) is -4.38. The second kappa shape index (κ2) is 4.70. The Morgan fingerprint density at radius 1 is 1.43 bits per heavy atom. The van der Waals surface area contributed by atoms with Gasteiger partial charge in [-0.25, -0.2) is 0 Å². The summed E-state index contributed by atoms with van der Waals surface area (Å²) in [4.78, 5) is 10.5. The zero-order valence-electron chi connectivity index (χ0n) is 7.79. The molecule has 6 nitrogen and oxygen atoms in total. The Kier molecular flexibility index (Phi) is 3.82. The third-order valence-electron chi connectivity index (χ3n) is 2.06. The lowest BCUT2D eigenvalue weighted by molar-refractivity contribution is -0.200. The van der Waals surface area contributed by atoms with Crippen LogP contribution in [0, 0.1) is 0 Å². The van der Waals surface area contributed by atoms with Crippen molar-refractivity contribution >= 4 is 5.97 Å². The summed E-state index contributed by atoms with van der Waals surface area (Å²) in [6.45, 7) is 1.03. The molecule has 6 heteroatoms. The van der Waals surface area contributed by atoms with Crippen molar-refractivity contribution in [2.24, 2.45) is 0 Å². The maximum absolute atomic E-state index is 10.5. The Bertz CT molecular complexity index is 206. The van der Waals surface area contributed by atoms with Gasteiger partial charge in [-0.05, 0) is 0 Å². The number of carbonyl (C=O) groups excluding carboxylic acids is 1. The first-order valence-electron chi connectivity index (χ1n) is 4.31. The number of carbonyl (C=O) groups is 1. The van der Waals surface area contributed by atoms with E-state index in [-0.39, 0.29) is 13.2 Å². The summed E-state index contributed by atoms with van der Waals surface area (Å²) in [5, 5.41) is 27.8. The van der Waals surface area contributed by atoms with Crippen molar-refractivity contribution in [2.45, 2.75) is 31.3 Å². The second-order valence-electron chi connectivity index (χ2n) is 3.22. The zero-order chi connectivity index (χ0) is 10.7. The van der Waals surface area contributed by atoms with E-state index in [1.54, 1.807) is 0 Å². The molecule has 0 bridgehead atoms. The van der Waals surface area contributed by atoms with Crippen molar-refractivity contribution in [3.05, 3.63) is 0 Å². The van der Waals surface area contributed by atoms with Crippen molar-refractivity contribution in [3.63, 3.8) is 0 Å². The molecule has 82 valence electrons. The van der Waals surface area contributed by atoms with Gasteiger partial charge in [-0.1, -0.05) is 0 Å². The minimum Gasteiger partial charge on any atom is -0.463 e. The average Bonchev–Trinajstić information content (AvgIpc) is 2.13. The largest absolute Gasteiger partial charge is 0.463 e. The van der Waals surface area contributed by atoms with E-state index < -0.39 is 30.4 Å². The van der Waals surface area contributed by atoms with E-state index in [4.69, 9.17) is 9.84 Å². The minimum absolute atomic E-state index is 0.0792. The Labute approximate surface area is 81.1 Å². The van der Waals surface area contributed by atoms with Gasteiger partial charge in [0.25, 0.3) is 0 Å². The van der Waals surface area contributed by atoms with Gasteiger partial charge in [-0.3, -0.25) is 4.79 Å². The predicted octanol–water partition coefficient (Wildman–Crippen LogP) is -1.97. The Hall–Kier alpha value is -0.690. The van der Waals surface area contributed by atoms with Crippen LogP contribution in [-0.4, -0.2) is 58.9 Å². The average molecular weight is 206 g/mol. The molecule has 0 spiro atoms. The third-order valence-corrected chi connectivity index (χ3v) is 2.06. The zero-order valence-corrected chi connectivity index (χ0v) is 7.79. The van der Waals surface area contributed by atoms with Crippen LogP contribution < -0.4 is 0 Å². The molecule has 4 atom stereocenters. The third kappa shape index (κ3) is 2.65. The molecule has 1 aliphatic rings. The van der Waals surface area contributed by atoms with Gasteiger partial charge < -0.3 is 24.8 Å². The van der Waals surface area contributed by atoms with E-state index in [9.17, 15) is 15.0 Å². The molecule has 0 aromatic heterocycles. The van der Waals surface area contributed by atoms with Crippen LogP contribution in [0.15, 0.2) is 0 Å². The van der Waals surface area contributed by atoms with E-state index in [0.29, 0.717) is 0 Å². The first-order chi connectivity index (χ1) is 6.52. The van der Waals surface area contributed by atoms with E-state index >= 15 is 0 Å². The van der Waals surface area contributed by atoms with Crippen LogP contribution in [0.3, 0.4) is 0 Å². The van der Waals surface area contributed by atoms with E-state index in [1.807, 2.05) is 0 Å². The molecule has 0 aromatic carbocycles. The van der Waals surface area contributed by atoms with Crippen LogP contribution >= 0.6 is 0 Å². The molecule has 0 radical (unpaired) electrons. The number of ether oxygens (including phenoxy) is 2. The number of hydrogen-bond acceptors (Lipinski definition) is 6. The fourth-order valence-corrected chi connectivity index (χ4v) is 1.21. The van der Waals surface area contributed by atoms with Gasteiger partial charge in [-0.2, -0.15) is 0 Å². The molecule has 0 aromatic rings. The maximum atomic E-state index is 10.5. The fourth-order valence-electron chi connectivity index (χ4n) is 1.21. The minimum atomic E-state index is -1.26. The maximum Gasteiger partial charge on any atom is 0.302 e. The van der Waals surface area contributed by atoms with E-state index in [1.165, 1.54) is 6.92 Å². The van der Waals surface area contributed by atoms with Crippen molar-refractivity contribution in [2.75, 3.05) is 13.2 Å². The van der Waals surface area contributed by atoms with Crippen molar-refractivity contribution < 1.29 is 29.6 Å². The quantitative estimate of drug-likeness (QED) is 0.454. The molecule has 0 amide bonds. The summed E-state index contributed by atoms with van der Waals surface area (Å²) in [5.41, 5.74) is 0. The molecule has 1 saturated heterocycles. The second-order valence-corrected chi connectivity index (χ2v) is 3.22. The smallest absolute Gasteiger partial charge is 0.302 e. The summed E-state index contributed by atoms with van der Waals surface area (Å²) in [5.74, 6) is -0.485. The summed E-state index contributed by atoms with van der Waals surface area (Å²) in [7, 11) is 0. The number of esters is 1. The Morgan fingerprint density at radius 2 is 2.07 bits per heavy atom. The molecule has 1 aliphatic heterocycles. The molecule has 0 saturated carbocycles. The highest BCUT2D eigenvalue weighted by Gasteiger charge is 2.37. The molecule has 1 heterocycles. The summed E-state index contributed by atoms with van der Waals surface area (Å²) in [6, 6.07) is 0. The normalized spacial score (nSPS) is 38.0. The summed E-state index contributed by atoms with van der Waals surface area (Å²) >= 11 is 0. The van der Waals surface area contributed by atoms with Gasteiger partial charge in [0.15, 0.2) is 0 Å². The number of hydrogen-bond donors (Lipinski definition) is 3. The molecular weight excluding hydrogens is 192 g/mol. The van der Waals surface area contributed by atoms with Crippen LogP contribution in [0.5, 0.6) is 0 Å². The van der Waals surface area contributed by atoms with Crippen molar-refractivity contribution in [1.82, 2.24) is 0 Å². The number of rotatable bonds is 2. The first-order valence-corrected chi connectivity index (χ1v) is 4.31. The monoisotopic (exact) mass is 206 g/mol. The Morgan fingerprint density at radius 3 is 2.64 bits per heavy atom. The van der Waals surface area contributed by atoms with Crippen LogP contribution in [0.4, 0.5) is 0 Å².